The van der Waals surface area contributed by atoms with Gasteiger partial charge in [-0.1, -0.05) is 6.92 Å². The number of rotatable bonds is 3. The number of ether oxygens (including phenoxy) is 2. The summed E-state index contributed by atoms with van der Waals surface area (Å²) in [6, 6.07) is 2.80. The average Bonchev–Trinajstić information content (AvgIpc) is 3.10. The standard InChI is InChI=1S/C19H30N4O2/c1-3-16-6-4-5-9-23(16)18-14-17(20-15(2)21-18)22-10-7-19(8-11-22)24-12-13-25-19/h14,16H,3-13H2,1-2H3. The third kappa shape index (κ3) is 3.47. The molecule has 1 aromatic heterocycles. The monoisotopic (exact) mass is 346 g/mol. The molecule has 1 unspecified atom stereocenters. The summed E-state index contributed by atoms with van der Waals surface area (Å²) in [7, 11) is 0. The Balaban J connectivity index is 1.52. The largest absolute Gasteiger partial charge is 0.356 e. The van der Waals surface area contributed by atoms with E-state index in [-0.39, 0.29) is 5.79 Å². The predicted molar refractivity (Wildman–Crippen MR) is 98.1 cm³/mol. The fourth-order valence-corrected chi connectivity index (χ4v) is 4.43. The zero-order valence-electron chi connectivity index (χ0n) is 15.5. The first-order chi connectivity index (χ1) is 12.2. The first-order valence-electron chi connectivity index (χ1n) is 9.84. The van der Waals surface area contributed by atoms with Gasteiger partial charge in [-0.15, -0.1) is 0 Å². The number of aromatic nitrogens is 2. The van der Waals surface area contributed by atoms with E-state index in [0.717, 1.165) is 63.1 Å². The average molecular weight is 346 g/mol. The van der Waals surface area contributed by atoms with Gasteiger partial charge in [0.05, 0.1) is 13.2 Å². The normalized spacial score (nSPS) is 26.4. The molecule has 1 atom stereocenters. The molecule has 0 radical (unpaired) electrons. The van der Waals surface area contributed by atoms with Gasteiger partial charge in [0.25, 0.3) is 0 Å². The van der Waals surface area contributed by atoms with E-state index in [4.69, 9.17) is 19.4 Å². The number of aryl methyl sites for hydroxylation is 1. The summed E-state index contributed by atoms with van der Waals surface area (Å²) in [5.74, 6) is 2.68. The second-order valence-corrected chi connectivity index (χ2v) is 7.48. The van der Waals surface area contributed by atoms with Crippen molar-refractivity contribution in [2.24, 2.45) is 0 Å². The Hall–Kier alpha value is -1.40. The molecule has 0 aliphatic carbocycles. The van der Waals surface area contributed by atoms with E-state index in [1.807, 2.05) is 6.92 Å². The predicted octanol–water partition coefficient (Wildman–Crippen LogP) is 2.90. The molecule has 4 heterocycles. The lowest BCUT2D eigenvalue weighted by molar-refractivity contribution is -0.169. The van der Waals surface area contributed by atoms with Gasteiger partial charge < -0.3 is 19.3 Å². The lowest BCUT2D eigenvalue weighted by Gasteiger charge is -2.39. The summed E-state index contributed by atoms with van der Waals surface area (Å²) in [5.41, 5.74) is 0. The SMILES string of the molecule is CCC1CCCCN1c1cc(N2CCC3(CC2)OCCO3)nc(C)n1. The summed E-state index contributed by atoms with van der Waals surface area (Å²) >= 11 is 0. The van der Waals surface area contributed by atoms with Gasteiger partial charge in [-0.05, 0) is 32.6 Å². The van der Waals surface area contributed by atoms with Crippen molar-refractivity contribution in [3.05, 3.63) is 11.9 Å². The van der Waals surface area contributed by atoms with Gasteiger partial charge in [-0.3, -0.25) is 0 Å². The van der Waals surface area contributed by atoms with Gasteiger partial charge in [0, 0.05) is 44.6 Å². The van der Waals surface area contributed by atoms with Crippen LogP contribution in [0, 0.1) is 6.92 Å². The van der Waals surface area contributed by atoms with Gasteiger partial charge in [-0.2, -0.15) is 0 Å². The highest BCUT2D eigenvalue weighted by Gasteiger charge is 2.40. The summed E-state index contributed by atoms with van der Waals surface area (Å²) < 4.78 is 11.7. The molecule has 6 heteroatoms. The second-order valence-electron chi connectivity index (χ2n) is 7.48. The maximum Gasteiger partial charge on any atom is 0.171 e. The highest BCUT2D eigenvalue weighted by Crippen LogP contribution is 2.34. The molecule has 3 saturated heterocycles. The van der Waals surface area contributed by atoms with Crippen LogP contribution < -0.4 is 9.80 Å². The van der Waals surface area contributed by atoms with E-state index < -0.39 is 0 Å². The maximum atomic E-state index is 5.85. The molecule has 0 amide bonds. The van der Waals surface area contributed by atoms with Crippen LogP contribution in [-0.2, 0) is 9.47 Å². The Kier molecular flexibility index (Phi) is 4.82. The Morgan fingerprint density at radius 3 is 2.52 bits per heavy atom. The van der Waals surface area contributed by atoms with Crippen molar-refractivity contribution >= 4 is 11.6 Å². The zero-order chi connectivity index (χ0) is 17.3. The van der Waals surface area contributed by atoms with E-state index >= 15 is 0 Å². The van der Waals surface area contributed by atoms with Crippen LogP contribution in [0.2, 0.25) is 0 Å². The molecule has 3 fully saturated rings. The van der Waals surface area contributed by atoms with Gasteiger partial charge in [0.15, 0.2) is 5.79 Å². The molecule has 3 aliphatic rings. The van der Waals surface area contributed by atoms with Gasteiger partial charge in [0.1, 0.15) is 17.5 Å². The number of hydrogen-bond donors (Lipinski definition) is 0. The van der Waals surface area contributed by atoms with Crippen molar-refractivity contribution in [2.75, 3.05) is 42.6 Å². The quantitative estimate of drug-likeness (QED) is 0.839. The number of piperidine rings is 2. The van der Waals surface area contributed by atoms with Crippen LogP contribution in [0.15, 0.2) is 6.07 Å². The van der Waals surface area contributed by atoms with Gasteiger partial charge >= 0.3 is 0 Å². The summed E-state index contributed by atoms with van der Waals surface area (Å²) in [4.78, 5) is 14.3. The Morgan fingerprint density at radius 1 is 1.08 bits per heavy atom. The molecule has 0 saturated carbocycles. The van der Waals surface area contributed by atoms with Crippen LogP contribution in [0.5, 0.6) is 0 Å². The lowest BCUT2D eigenvalue weighted by atomic mass is 10.00. The van der Waals surface area contributed by atoms with Crippen LogP contribution in [0.25, 0.3) is 0 Å². The molecular formula is C19H30N4O2. The zero-order valence-corrected chi connectivity index (χ0v) is 15.5. The lowest BCUT2D eigenvalue weighted by Crippen LogP contribution is -2.45. The second kappa shape index (κ2) is 7.08. The number of nitrogens with zero attached hydrogens (tertiary/aromatic N) is 4. The Bertz CT molecular complexity index is 593. The maximum absolute atomic E-state index is 5.85. The Labute approximate surface area is 150 Å². The van der Waals surface area contributed by atoms with Crippen molar-refractivity contribution < 1.29 is 9.47 Å². The molecular weight excluding hydrogens is 316 g/mol. The first kappa shape index (κ1) is 17.0. The van der Waals surface area contributed by atoms with Crippen LogP contribution in [0.3, 0.4) is 0 Å². The molecule has 4 rings (SSSR count). The fourth-order valence-electron chi connectivity index (χ4n) is 4.43. The highest BCUT2D eigenvalue weighted by molar-refractivity contribution is 5.52. The van der Waals surface area contributed by atoms with E-state index in [1.54, 1.807) is 0 Å². The summed E-state index contributed by atoms with van der Waals surface area (Å²) in [5, 5.41) is 0. The minimum Gasteiger partial charge on any atom is -0.356 e. The Morgan fingerprint density at radius 2 is 1.80 bits per heavy atom. The first-order valence-corrected chi connectivity index (χ1v) is 9.84. The summed E-state index contributed by atoms with van der Waals surface area (Å²) in [6.07, 6.45) is 6.87. The van der Waals surface area contributed by atoms with Crippen molar-refractivity contribution in [3.8, 4) is 0 Å². The third-order valence-electron chi connectivity index (χ3n) is 5.87. The molecule has 138 valence electrons. The molecule has 0 aromatic carbocycles. The minimum absolute atomic E-state index is 0.332. The van der Waals surface area contributed by atoms with Crippen LogP contribution in [0.4, 0.5) is 11.6 Å². The van der Waals surface area contributed by atoms with Crippen LogP contribution >= 0.6 is 0 Å². The van der Waals surface area contributed by atoms with Crippen molar-refractivity contribution in [2.45, 2.75) is 64.2 Å². The molecule has 0 bridgehead atoms. The molecule has 1 aromatic rings. The van der Waals surface area contributed by atoms with Crippen molar-refractivity contribution in [3.63, 3.8) is 0 Å². The highest BCUT2D eigenvalue weighted by atomic mass is 16.7. The van der Waals surface area contributed by atoms with E-state index in [9.17, 15) is 0 Å². The van der Waals surface area contributed by atoms with E-state index in [2.05, 4.69) is 22.8 Å². The van der Waals surface area contributed by atoms with Crippen LogP contribution in [0.1, 0.15) is 51.3 Å². The molecule has 25 heavy (non-hydrogen) atoms. The molecule has 0 N–H and O–H groups in total. The molecule has 1 spiro atoms. The third-order valence-corrected chi connectivity index (χ3v) is 5.87. The van der Waals surface area contributed by atoms with E-state index in [0.29, 0.717) is 6.04 Å². The molecule has 6 nitrogen and oxygen atoms in total. The van der Waals surface area contributed by atoms with Gasteiger partial charge in [0.2, 0.25) is 0 Å². The van der Waals surface area contributed by atoms with Gasteiger partial charge in [-0.25, -0.2) is 9.97 Å². The number of anilines is 2. The van der Waals surface area contributed by atoms with Crippen LogP contribution in [-0.4, -0.2) is 54.6 Å². The fraction of sp³-hybridized carbons (Fsp3) is 0.789. The molecule has 3 aliphatic heterocycles. The smallest absolute Gasteiger partial charge is 0.171 e. The number of hydrogen-bond acceptors (Lipinski definition) is 6. The topological polar surface area (TPSA) is 50.7 Å². The minimum atomic E-state index is -0.332. The van der Waals surface area contributed by atoms with E-state index in [1.165, 1.54) is 25.7 Å². The summed E-state index contributed by atoms with van der Waals surface area (Å²) in [6.45, 7) is 8.70. The van der Waals surface area contributed by atoms with Crippen molar-refractivity contribution in [1.29, 1.82) is 0 Å². The van der Waals surface area contributed by atoms with Crippen molar-refractivity contribution in [1.82, 2.24) is 9.97 Å².